The number of benzene rings is 2. The highest BCUT2D eigenvalue weighted by atomic mass is 19.3. The lowest BCUT2D eigenvalue weighted by atomic mass is 10.1. The van der Waals surface area contributed by atoms with Crippen LogP contribution >= 0.6 is 0 Å². The van der Waals surface area contributed by atoms with Crippen molar-refractivity contribution in [3.05, 3.63) is 65.0 Å². The van der Waals surface area contributed by atoms with Crippen LogP contribution in [-0.2, 0) is 9.53 Å². The zero-order chi connectivity index (χ0) is 20.0. The minimum atomic E-state index is -3.00. The molecule has 9 heteroatoms. The Labute approximate surface area is 151 Å². The van der Waals surface area contributed by atoms with Crippen LogP contribution in [0.3, 0.4) is 0 Å². The van der Waals surface area contributed by atoms with Crippen LogP contribution < -0.4 is 10.1 Å². The average molecular weight is 381 g/mol. The first-order chi connectivity index (χ1) is 12.8. The maximum Gasteiger partial charge on any atom is 0.387 e. The molecule has 0 saturated carbocycles. The normalized spacial score (nSPS) is 10.4. The van der Waals surface area contributed by atoms with Gasteiger partial charge in [0.15, 0.2) is 6.61 Å². The number of ether oxygens (including phenoxy) is 2. The van der Waals surface area contributed by atoms with E-state index < -0.39 is 36.8 Å². The summed E-state index contributed by atoms with van der Waals surface area (Å²) in [4.78, 5) is 35.5. The Kier molecular flexibility index (Phi) is 6.53. The van der Waals surface area contributed by atoms with Gasteiger partial charge in [-0.2, -0.15) is 8.78 Å². The number of halogens is 3. The first-order valence-corrected chi connectivity index (χ1v) is 7.58. The highest BCUT2D eigenvalue weighted by Crippen LogP contribution is 2.15. The maximum atomic E-state index is 13.2. The molecule has 27 heavy (non-hydrogen) atoms. The van der Waals surface area contributed by atoms with Crippen molar-refractivity contribution >= 4 is 17.8 Å². The molecular weight excluding hydrogens is 367 g/mol. The lowest BCUT2D eigenvalue weighted by Gasteiger charge is -2.08. The van der Waals surface area contributed by atoms with E-state index in [-0.39, 0.29) is 16.9 Å². The van der Waals surface area contributed by atoms with Crippen molar-refractivity contribution in [3.63, 3.8) is 0 Å². The fraction of sp³-hybridized carbons (Fsp3) is 0.167. The molecule has 2 rings (SSSR count). The van der Waals surface area contributed by atoms with Crippen molar-refractivity contribution in [1.29, 1.82) is 0 Å². The Morgan fingerprint density at radius 1 is 1.07 bits per heavy atom. The second-order valence-electron chi connectivity index (χ2n) is 5.32. The molecule has 0 aromatic heterocycles. The molecule has 142 valence electrons. The number of amides is 2. The molecule has 0 unspecified atom stereocenters. The standard InChI is InChI=1S/C18H14F3NO5/c1-10-2-5-12(19)8-14(10)17(25)26-9-15(23)22-16(24)11-3-6-13(7-4-11)27-18(20)21/h2-8,18H,9H2,1H3,(H,22,23,24). The number of esters is 1. The van der Waals surface area contributed by atoms with E-state index in [9.17, 15) is 27.6 Å². The third-order valence-corrected chi connectivity index (χ3v) is 3.35. The molecule has 0 aliphatic rings. The lowest BCUT2D eigenvalue weighted by molar-refractivity contribution is -0.123. The highest BCUT2D eigenvalue weighted by molar-refractivity contribution is 6.05. The van der Waals surface area contributed by atoms with Gasteiger partial charge in [-0.05, 0) is 48.9 Å². The van der Waals surface area contributed by atoms with Gasteiger partial charge in [0.05, 0.1) is 5.56 Å². The van der Waals surface area contributed by atoms with Crippen molar-refractivity contribution in [1.82, 2.24) is 5.32 Å². The van der Waals surface area contributed by atoms with Crippen LogP contribution in [0.5, 0.6) is 5.75 Å². The number of rotatable bonds is 6. The number of imide groups is 1. The topological polar surface area (TPSA) is 81.7 Å². The van der Waals surface area contributed by atoms with Gasteiger partial charge >= 0.3 is 12.6 Å². The van der Waals surface area contributed by atoms with E-state index in [1.807, 2.05) is 5.32 Å². The first kappa shape index (κ1) is 20.0. The molecule has 0 aliphatic heterocycles. The maximum absolute atomic E-state index is 13.2. The summed E-state index contributed by atoms with van der Waals surface area (Å²) in [5.74, 6) is -3.42. The van der Waals surface area contributed by atoms with E-state index in [1.54, 1.807) is 6.92 Å². The number of hydrogen-bond donors (Lipinski definition) is 1. The third kappa shape index (κ3) is 5.84. The van der Waals surface area contributed by atoms with E-state index in [2.05, 4.69) is 4.74 Å². The highest BCUT2D eigenvalue weighted by Gasteiger charge is 2.16. The molecule has 6 nitrogen and oxygen atoms in total. The van der Waals surface area contributed by atoms with Gasteiger partial charge in [0.1, 0.15) is 11.6 Å². The molecule has 2 aromatic rings. The molecule has 1 N–H and O–H groups in total. The predicted molar refractivity (Wildman–Crippen MR) is 87.0 cm³/mol. The molecule has 0 saturated heterocycles. The minimum absolute atomic E-state index is 0.0114. The Morgan fingerprint density at radius 3 is 2.37 bits per heavy atom. The van der Waals surface area contributed by atoms with Crippen molar-refractivity contribution in [2.75, 3.05) is 6.61 Å². The number of carbonyl (C=O) groups is 3. The van der Waals surface area contributed by atoms with Crippen LogP contribution in [0.4, 0.5) is 13.2 Å². The molecular formula is C18H14F3NO5. The van der Waals surface area contributed by atoms with Crippen molar-refractivity contribution < 1.29 is 37.0 Å². The summed E-state index contributed by atoms with van der Waals surface area (Å²) in [6, 6.07) is 8.18. The van der Waals surface area contributed by atoms with Crippen LogP contribution in [0.15, 0.2) is 42.5 Å². The summed E-state index contributed by atoms with van der Waals surface area (Å²) in [6.07, 6.45) is 0. The van der Waals surface area contributed by atoms with Crippen LogP contribution in [0.1, 0.15) is 26.3 Å². The number of aryl methyl sites for hydroxylation is 1. The SMILES string of the molecule is Cc1ccc(F)cc1C(=O)OCC(=O)NC(=O)c1ccc(OC(F)F)cc1. The van der Waals surface area contributed by atoms with Crippen LogP contribution in [-0.4, -0.2) is 31.0 Å². The van der Waals surface area contributed by atoms with Crippen molar-refractivity contribution in [3.8, 4) is 5.75 Å². The predicted octanol–water partition coefficient (Wildman–Crippen LogP) is 2.85. The number of alkyl halides is 2. The van der Waals surface area contributed by atoms with E-state index in [1.165, 1.54) is 24.3 Å². The largest absolute Gasteiger partial charge is 0.452 e. The molecule has 2 aromatic carbocycles. The van der Waals surface area contributed by atoms with Gasteiger partial charge in [0, 0.05) is 5.56 Å². The summed E-state index contributed by atoms with van der Waals surface area (Å²) < 4.78 is 46.2. The number of hydrogen-bond acceptors (Lipinski definition) is 5. The van der Waals surface area contributed by atoms with Crippen LogP contribution in [0.2, 0.25) is 0 Å². The Bertz CT molecular complexity index is 853. The summed E-state index contributed by atoms with van der Waals surface area (Å²) in [6.45, 7) is -2.18. The third-order valence-electron chi connectivity index (χ3n) is 3.35. The van der Waals surface area contributed by atoms with E-state index in [0.717, 1.165) is 18.2 Å². The van der Waals surface area contributed by atoms with Crippen LogP contribution in [0, 0.1) is 12.7 Å². The first-order valence-electron chi connectivity index (χ1n) is 7.58. The molecule has 0 bridgehead atoms. The molecule has 2 amide bonds. The zero-order valence-electron chi connectivity index (χ0n) is 14.0. The zero-order valence-corrected chi connectivity index (χ0v) is 14.0. The average Bonchev–Trinajstić information content (AvgIpc) is 2.61. The fourth-order valence-corrected chi connectivity index (χ4v) is 2.05. The van der Waals surface area contributed by atoms with Crippen LogP contribution in [0.25, 0.3) is 0 Å². The van der Waals surface area contributed by atoms with Crippen molar-refractivity contribution in [2.24, 2.45) is 0 Å². The summed E-state index contributed by atoms with van der Waals surface area (Å²) in [5, 5.41) is 1.97. The second kappa shape index (κ2) is 8.84. The van der Waals surface area contributed by atoms with E-state index in [4.69, 9.17) is 4.74 Å². The molecule has 0 aliphatic carbocycles. The smallest absolute Gasteiger partial charge is 0.387 e. The number of carbonyl (C=O) groups excluding carboxylic acids is 3. The van der Waals surface area contributed by atoms with E-state index >= 15 is 0 Å². The van der Waals surface area contributed by atoms with Gasteiger partial charge in [-0.15, -0.1) is 0 Å². The Balaban J connectivity index is 1.88. The summed E-state index contributed by atoms with van der Waals surface area (Å²) in [7, 11) is 0. The molecule has 0 atom stereocenters. The molecule has 0 radical (unpaired) electrons. The monoisotopic (exact) mass is 381 g/mol. The Morgan fingerprint density at radius 2 is 1.74 bits per heavy atom. The summed E-state index contributed by atoms with van der Waals surface area (Å²) in [5.41, 5.74) is 0.435. The fourth-order valence-electron chi connectivity index (χ4n) is 2.05. The Hall–Kier alpha value is -3.36. The quantitative estimate of drug-likeness (QED) is 0.779. The number of nitrogens with one attached hydrogen (secondary N) is 1. The van der Waals surface area contributed by atoms with Gasteiger partial charge < -0.3 is 9.47 Å². The van der Waals surface area contributed by atoms with Gasteiger partial charge in [-0.25, -0.2) is 9.18 Å². The van der Waals surface area contributed by atoms with E-state index in [0.29, 0.717) is 5.56 Å². The van der Waals surface area contributed by atoms with Gasteiger partial charge in [-0.1, -0.05) is 6.07 Å². The second-order valence-corrected chi connectivity index (χ2v) is 5.32. The molecule has 0 spiro atoms. The van der Waals surface area contributed by atoms with Gasteiger partial charge in [0.2, 0.25) is 0 Å². The molecule has 0 heterocycles. The van der Waals surface area contributed by atoms with Gasteiger partial charge in [0.25, 0.3) is 11.8 Å². The lowest BCUT2D eigenvalue weighted by Crippen LogP contribution is -2.34. The van der Waals surface area contributed by atoms with Crippen molar-refractivity contribution in [2.45, 2.75) is 13.5 Å². The van der Waals surface area contributed by atoms with Gasteiger partial charge in [-0.3, -0.25) is 14.9 Å². The molecule has 0 fully saturated rings. The minimum Gasteiger partial charge on any atom is -0.452 e. The summed E-state index contributed by atoms with van der Waals surface area (Å²) >= 11 is 0.